The summed E-state index contributed by atoms with van der Waals surface area (Å²) < 4.78 is 6.13. The minimum absolute atomic E-state index is 0.0529. The second-order valence-electron chi connectivity index (χ2n) is 8.74. The van der Waals surface area contributed by atoms with Gasteiger partial charge in [-0.1, -0.05) is 18.2 Å². The number of hydrogen-bond donors (Lipinski definition) is 0. The first-order chi connectivity index (χ1) is 14.6. The number of benzene rings is 1. The lowest BCUT2D eigenvalue weighted by molar-refractivity contribution is -0.134. The molecule has 0 spiro atoms. The van der Waals surface area contributed by atoms with Crippen molar-refractivity contribution in [3.63, 3.8) is 0 Å². The molecular weight excluding hydrogens is 376 g/mol. The number of hydrogen-bond acceptors (Lipinski definition) is 3. The van der Waals surface area contributed by atoms with Crippen molar-refractivity contribution < 1.29 is 14.3 Å². The second kappa shape index (κ2) is 9.07. The molecule has 5 nitrogen and oxygen atoms in total. The SMILES string of the molecule is C=CC[C@@H]1CC=C[C@@H](C)N1C(=O)c1ccc(OC2CCN(C(=O)C3CC3)CC2)cc1. The van der Waals surface area contributed by atoms with Gasteiger partial charge < -0.3 is 14.5 Å². The normalized spacial score (nSPS) is 24.6. The summed E-state index contributed by atoms with van der Waals surface area (Å²) in [5, 5.41) is 0. The summed E-state index contributed by atoms with van der Waals surface area (Å²) in [4.78, 5) is 29.3. The van der Waals surface area contributed by atoms with Gasteiger partial charge in [-0.2, -0.15) is 0 Å². The van der Waals surface area contributed by atoms with Crippen LogP contribution in [0, 0.1) is 5.92 Å². The van der Waals surface area contributed by atoms with Crippen LogP contribution < -0.4 is 4.74 Å². The molecule has 4 rings (SSSR count). The third-order valence-electron chi connectivity index (χ3n) is 6.41. The van der Waals surface area contributed by atoms with Crippen molar-refractivity contribution in [1.82, 2.24) is 9.80 Å². The van der Waals surface area contributed by atoms with E-state index in [1.807, 2.05) is 40.1 Å². The topological polar surface area (TPSA) is 49.9 Å². The van der Waals surface area contributed by atoms with Crippen molar-refractivity contribution in [2.24, 2.45) is 5.92 Å². The zero-order valence-electron chi connectivity index (χ0n) is 17.8. The van der Waals surface area contributed by atoms with Crippen molar-refractivity contribution >= 4 is 11.8 Å². The molecule has 2 heterocycles. The Labute approximate surface area is 179 Å². The third kappa shape index (κ3) is 4.61. The molecule has 5 heteroatoms. The van der Waals surface area contributed by atoms with E-state index in [9.17, 15) is 9.59 Å². The molecule has 1 saturated carbocycles. The number of ether oxygens (including phenoxy) is 1. The molecule has 0 unspecified atom stereocenters. The first-order valence-electron chi connectivity index (χ1n) is 11.2. The highest BCUT2D eigenvalue weighted by atomic mass is 16.5. The van der Waals surface area contributed by atoms with E-state index in [0.717, 1.165) is 57.4 Å². The number of likely N-dealkylation sites (tertiary alicyclic amines) is 1. The number of nitrogens with zero attached hydrogens (tertiary/aromatic N) is 2. The summed E-state index contributed by atoms with van der Waals surface area (Å²) in [6, 6.07) is 7.74. The Hall–Kier alpha value is -2.56. The molecule has 1 aromatic carbocycles. The maximum atomic E-state index is 13.1. The molecule has 0 radical (unpaired) electrons. The Bertz CT molecular complexity index is 804. The predicted octanol–water partition coefficient (Wildman–Crippen LogP) is 4.20. The summed E-state index contributed by atoms with van der Waals surface area (Å²) in [6.45, 7) is 7.45. The van der Waals surface area contributed by atoms with Crippen LogP contribution in [-0.2, 0) is 4.79 Å². The molecule has 1 saturated heterocycles. The lowest BCUT2D eigenvalue weighted by Gasteiger charge is -2.37. The second-order valence-corrected chi connectivity index (χ2v) is 8.74. The average molecular weight is 409 g/mol. The highest BCUT2D eigenvalue weighted by Gasteiger charge is 2.35. The minimum Gasteiger partial charge on any atom is -0.490 e. The van der Waals surface area contributed by atoms with Crippen LogP contribution in [0.1, 0.15) is 55.8 Å². The molecule has 2 aliphatic heterocycles. The van der Waals surface area contributed by atoms with Crippen LogP contribution in [0.2, 0.25) is 0 Å². The Morgan fingerprint density at radius 3 is 2.47 bits per heavy atom. The molecule has 0 bridgehead atoms. The lowest BCUT2D eigenvalue weighted by Crippen LogP contribution is -2.46. The highest BCUT2D eigenvalue weighted by molar-refractivity contribution is 5.95. The maximum absolute atomic E-state index is 13.1. The van der Waals surface area contributed by atoms with Gasteiger partial charge in [-0.3, -0.25) is 9.59 Å². The zero-order valence-corrected chi connectivity index (χ0v) is 17.8. The first kappa shape index (κ1) is 20.7. The van der Waals surface area contributed by atoms with E-state index in [1.165, 1.54) is 0 Å². The van der Waals surface area contributed by atoms with Crippen LogP contribution in [-0.4, -0.2) is 52.9 Å². The standard InChI is InChI=1S/C25H32N2O3/c1-3-5-21-7-4-6-18(2)27(21)25(29)20-10-12-22(13-11-20)30-23-14-16-26(17-15-23)24(28)19-8-9-19/h3-4,6,10-13,18-19,21,23H,1,5,7-9,14-17H2,2H3/t18-,21-/m1/s1. The highest BCUT2D eigenvalue weighted by Crippen LogP contribution is 2.32. The Kier molecular flexibility index (Phi) is 6.26. The van der Waals surface area contributed by atoms with Crippen LogP contribution in [0.15, 0.2) is 49.1 Å². The van der Waals surface area contributed by atoms with E-state index in [0.29, 0.717) is 11.5 Å². The summed E-state index contributed by atoms with van der Waals surface area (Å²) in [5.74, 6) is 1.45. The molecular formula is C25H32N2O3. The van der Waals surface area contributed by atoms with Crippen molar-refractivity contribution in [1.29, 1.82) is 0 Å². The van der Waals surface area contributed by atoms with Crippen molar-refractivity contribution in [2.75, 3.05) is 13.1 Å². The number of rotatable bonds is 6. The van der Waals surface area contributed by atoms with E-state index in [4.69, 9.17) is 4.74 Å². The fraction of sp³-hybridized carbons (Fsp3) is 0.520. The summed E-state index contributed by atoms with van der Waals surface area (Å²) in [6.07, 6.45) is 11.8. The Balaban J connectivity index is 1.33. The quantitative estimate of drug-likeness (QED) is 0.663. The summed E-state index contributed by atoms with van der Waals surface area (Å²) in [5.41, 5.74) is 0.684. The van der Waals surface area contributed by atoms with Gasteiger partial charge in [-0.15, -0.1) is 6.58 Å². The van der Waals surface area contributed by atoms with Gasteiger partial charge in [0.15, 0.2) is 0 Å². The predicted molar refractivity (Wildman–Crippen MR) is 117 cm³/mol. The monoisotopic (exact) mass is 408 g/mol. The van der Waals surface area contributed by atoms with Crippen molar-refractivity contribution in [2.45, 2.75) is 63.6 Å². The molecule has 2 atom stereocenters. The fourth-order valence-electron chi connectivity index (χ4n) is 4.52. The third-order valence-corrected chi connectivity index (χ3v) is 6.41. The molecule has 0 N–H and O–H groups in total. The van der Waals surface area contributed by atoms with Gasteiger partial charge in [0, 0.05) is 49.5 Å². The van der Waals surface area contributed by atoms with E-state index in [-0.39, 0.29) is 30.0 Å². The molecule has 0 aromatic heterocycles. The average Bonchev–Trinajstić information content (AvgIpc) is 3.60. The number of carbonyl (C=O) groups excluding carboxylic acids is 2. The zero-order chi connectivity index (χ0) is 21.1. The van der Waals surface area contributed by atoms with Crippen LogP contribution >= 0.6 is 0 Å². The van der Waals surface area contributed by atoms with Crippen molar-refractivity contribution in [3.8, 4) is 5.75 Å². The number of piperidine rings is 1. The summed E-state index contributed by atoms with van der Waals surface area (Å²) >= 11 is 0. The van der Waals surface area contributed by atoms with Gasteiger partial charge in [-0.25, -0.2) is 0 Å². The van der Waals surface area contributed by atoms with Gasteiger partial charge in [0.2, 0.25) is 5.91 Å². The fourth-order valence-corrected chi connectivity index (χ4v) is 4.52. The minimum atomic E-state index is 0.0529. The van der Waals surface area contributed by atoms with E-state index in [2.05, 4.69) is 25.7 Å². The van der Waals surface area contributed by atoms with Crippen molar-refractivity contribution in [3.05, 3.63) is 54.6 Å². The number of carbonyl (C=O) groups is 2. The van der Waals surface area contributed by atoms with E-state index in [1.54, 1.807) is 0 Å². The van der Waals surface area contributed by atoms with Crippen LogP contribution in [0.3, 0.4) is 0 Å². The van der Waals surface area contributed by atoms with Gasteiger partial charge in [0.25, 0.3) is 5.91 Å². The Morgan fingerprint density at radius 2 is 1.83 bits per heavy atom. The number of amides is 2. The van der Waals surface area contributed by atoms with Gasteiger partial charge in [-0.05, 0) is 56.9 Å². The largest absolute Gasteiger partial charge is 0.490 e. The van der Waals surface area contributed by atoms with Gasteiger partial charge >= 0.3 is 0 Å². The summed E-state index contributed by atoms with van der Waals surface area (Å²) in [7, 11) is 0. The van der Waals surface area contributed by atoms with Crippen LogP contribution in [0.4, 0.5) is 0 Å². The Morgan fingerprint density at radius 1 is 1.13 bits per heavy atom. The van der Waals surface area contributed by atoms with E-state index >= 15 is 0 Å². The van der Waals surface area contributed by atoms with Crippen LogP contribution in [0.5, 0.6) is 5.75 Å². The molecule has 30 heavy (non-hydrogen) atoms. The first-order valence-corrected chi connectivity index (χ1v) is 11.2. The smallest absolute Gasteiger partial charge is 0.254 e. The lowest BCUT2D eigenvalue weighted by atomic mass is 9.99. The molecule has 1 aromatic rings. The van der Waals surface area contributed by atoms with Crippen LogP contribution in [0.25, 0.3) is 0 Å². The molecule has 2 amide bonds. The molecule has 1 aliphatic carbocycles. The molecule has 160 valence electrons. The maximum Gasteiger partial charge on any atom is 0.254 e. The van der Waals surface area contributed by atoms with Gasteiger partial charge in [0.1, 0.15) is 11.9 Å². The molecule has 3 aliphatic rings. The van der Waals surface area contributed by atoms with Gasteiger partial charge in [0.05, 0.1) is 0 Å². The molecule has 2 fully saturated rings. The van der Waals surface area contributed by atoms with E-state index < -0.39 is 0 Å².